The smallest absolute Gasteiger partial charge is 0.145 e. The van der Waals surface area contributed by atoms with Crippen LogP contribution in [0.15, 0.2) is 199 Å². The van der Waals surface area contributed by atoms with Gasteiger partial charge in [0.05, 0.1) is 32.8 Å². The van der Waals surface area contributed by atoms with Crippen LogP contribution < -0.4 is 10.6 Å². The van der Waals surface area contributed by atoms with Crippen molar-refractivity contribution in [2.75, 3.05) is 6.16 Å². The first-order valence-electron chi connectivity index (χ1n) is 18.0. The molecule has 0 spiro atoms. The van der Waals surface area contributed by atoms with Crippen LogP contribution in [0.1, 0.15) is 0 Å². The van der Waals surface area contributed by atoms with Gasteiger partial charge in [-0.2, -0.15) is 0 Å². The van der Waals surface area contributed by atoms with Gasteiger partial charge in [-0.15, -0.1) is 0 Å². The molecule has 0 fully saturated rings. The van der Waals surface area contributed by atoms with Crippen LogP contribution in [0.5, 0.6) is 0 Å². The third kappa shape index (κ3) is 5.30. The van der Waals surface area contributed by atoms with Gasteiger partial charge < -0.3 is 19.0 Å². The molecule has 0 aliphatic carbocycles. The Balaban J connectivity index is 0.00000384. The Kier molecular flexibility index (Phi) is 8.56. The van der Waals surface area contributed by atoms with Crippen LogP contribution in [-0.2, 0) is 0 Å². The van der Waals surface area contributed by atoms with Crippen molar-refractivity contribution in [1.29, 1.82) is 0 Å². The summed E-state index contributed by atoms with van der Waals surface area (Å²) >= 11 is 0. The van der Waals surface area contributed by atoms with Gasteiger partial charge in [-0.05, 0) is 85.4 Å². The number of para-hydroxylation sites is 3. The fourth-order valence-electron chi connectivity index (χ4n) is 8.07. The summed E-state index contributed by atoms with van der Waals surface area (Å²) in [5.74, 6) is 0. The average Bonchev–Trinajstić information content (AvgIpc) is 3.88. The molecule has 2 N–H and O–H groups in total. The largest absolute Gasteiger partial charge is 0.455 e. The molecule has 10 aromatic rings. The number of furan rings is 1. The first kappa shape index (κ1) is 33.4. The van der Waals surface area contributed by atoms with Crippen molar-refractivity contribution in [3.63, 3.8) is 0 Å². The molecule has 0 amide bonds. The van der Waals surface area contributed by atoms with E-state index < -0.39 is 7.92 Å². The molecule has 1 atom stereocenters. The summed E-state index contributed by atoms with van der Waals surface area (Å²) in [7, 11) is -0.560. The molecule has 0 bridgehead atoms. The topological polar surface area (TPSA) is 54.5 Å². The zero-order valence-corrected chi connectivity index (χ0v) is 30.5. The van der Waals surface area contributed by atoms with Crippen LogP contribution in [-0.4, -0.2) is 20.8 Å². The van der Waals surface area contributed by atoms with Crippen molar-refractivity contribution in [3.05, 3.63) is 195 Å². The van der Waals surface area contributed by atoms with Crippen LogP contribution in [0, 0.1) is 0 Å². The summed E-state index contributed by atoms with van der Waals surface area (Å²) in [6.45, 7) is 3.79. The van der Waals surface area contributed by atoms with E-state index in [9.17, 15) is 0 Å². The minimum atomic E-state index is -0.560. The lowest BCUT2D eigenvalue weighted by molar-refractivity contribution is 0.677. The highest BCUT2D eigenvalue weighted by Crippen LogP contribution is 2.45. The third-order valence-electron chi connectivity index (χ3n) is 10.4. The zero-order valence-electron chi connectivity index (χ0n) is 29.6. The Morgan fingerprint density at radius 1 is 0.463 bits per heavy atom. The molecule has 7 aromatic carbocycles. The van der Waals surface area contributed by atoms with Crippen molar-refractivity contribution in [2.45, 2.75) is 0 Å². The highest BCUT2D eigenvalue weighted by molar-refractivity contribution is 7.73. The molecule has 0 saturated heterocycles. The Hall–Kier alpha value is -6.45. The molecule has 0 radical (unpaired) electrons. The number of hydrogen-bond acceptors (Lipinski definition) is 1. The lowest BCUT2D eigenvalue weighted by Gasteiger charge is -2.18. The summed E-state index contributed by atoms with van der Waals surface area (Å²) in [4.78, 5) is 0. The SMILES string of the molecule is C=C/C=C\C=C/CP(c1ccccc1)c1ccc(-n2c3ccccc3c3c4oc5c(ccc6c5c5ccccc5n6-c5ccccc5)c4ccc32)cc1.O. The van der Waals surface area contributed by atoms with E-state index in [4.69, 9.17) is 4.42 Å². The van der Waals surface area contributed by atoms with Crippen molar-refractivity contribution in [3.8, 4) is 11.4 Å². The first-order chi connectivity index (χ1) is 26.3. The summed E-state index contributed by atoms with van der Waals surface area (Å²) < 4.78 is 11.9. The Bertz CT molecular complexity index is 3040. The fraction of sp³-hybridized carbons (Fsp3) is 0.0204. The normalized spacial score (nSPS) is 12.6. The van der Waals surface area contributed by atoms with Crippen molar-refractivity contribution >= 4 is 84.1 Å². The van der Waals surface area contributed by atoms with E-state index >= 15 is 0 Å². The molecule has 0 aliphatic heterocycles. The van der Waals surface area contributed by atoms with Gasteiger partial charge in [0, 0.05) is 32.9 Å². The Morgan fingerprint density at radius 2 is 0.963 bits per heavy atom. The molecular weight excluding hydrogens is 680 g/mol. The number of nitrogens with zero attached hydrogens (tertiary/aromatic N) is 2. The van der Waals surface area contributed by atoms with Crippen LogP contribution >= 0.6 is 7.92 Å². The van der Waals surface area contributed by atoms with Crippen molar-refractivity contribution in [1.82, 2.24) is 9.13 Å². The van der Waals surface area contributed by atoms with Gasteiger partial charge in [-0.3, -0.25) is 0 Å². The van der Waals surface area contributed by atoms with Crippen LogP contribution in [0.3, 0.4) is 0 Å². The lowest BCUT2D eigenvalue weighted by Crippen LogP contribution is -2.13. The molecule has 54 heavy (non-hydrogen) atoms. The molecule has 0 saturated carbocycles. The van der Waals surface area contributed by atoms with Gasteiger partial charge in [0.15, 0.2) is 0 Å². The average molecular weight is 717 g/mol. The molecule has 3 heterocycles. The standard InChI is InChI=1S/C49H35N2OP.H2O/c1-2-3-4-5-16-33-53(36-19-10-7-11-20-36)37-27-25-35(26-28-37)51-43-24-15-13-22-41(43)47-45(51)32-30-39-38-29-31-44-46(48(38)52-49(39)47)40-21-12-14-23-42(40)50(44)34-17-8-6-9-18-34;/h2-32H,1,33H2;1H2/b4-3-,16-5-;. The second-order valence-corrected chi connectivity index (χ2v) is 15.6. The van der Waals surface area contributed by atoms with Gasteiger partial charge in [0.1, 0.15) is 11.2 Å². The molecule has 1 unspecified atom stereocenters. The lowest BCUT2D eigenvalue weighted by atomic mass is 10.1. The van der Waals surface area contributed by atoms with Crippen molar-refractivity contribution in [2.24, 2.45) is 0 Å². The summed E-state index contributed by atoms with van der Waals surface area (Å²) in [6, 6.07) is 57.1. The summed E-state index contributed by atoms with van der Waals surface area (Å²) in [5.41, 5.74) is 8.74. The predicted molar refractivity (Wildman–Crippen MR) is 232 cm³/mol. The van der Waals surface area contributed by atoms with E-state index in [0.29, 0.717) is 0 Å². The number of benzene rings is 7. The number of fused-ring (bicyclic) bond motifs is 11. The summed E-state index contributed by atoms with van der Waals surface area (Å²) in [5, 5.41) is 9.65. The predicted octanol–water partition coefficient (Wildman–Crippen LogP) is 11.7. The third-order valence-corrected chi connectivity index (χ3v) is 12.8. The van der Waals surface area contributed by atoms with Crippen LogP contribution in [0.25, 0.3) is 76.9 Å². The summed E-state index contributed by atoms with van der Waals surface area (Å²) in [6.07, 6.45) is 11.2. The van der Waals surface area contributed by atoms with Gasteiger partial charge in [0.2, 0.25) is 0 Å². The number of aromatic nitrogens is 2. The first-order valence-corrected chi connectivity index (χ1v) is 19.6. The molecule has 10 rings (SSSR count). The van der Waals surface area contributed by atoms with Gasteiger partial charge >= 0.3 is 0 Å². The maximum atomic E-state index is 7.11. The monoisotopic (exact) mass is 716 g/mol. The van der Waals surface area contributed by atoms with E-state index in [0.717, 1.165) is 66.8 Å². The number of rotatable bonds is 8. The maximum Gasteiger partial charge on any atom is 0.145 e. The highest BCUT2D eigenvalue weighted by atomic mass is 31.1. The van der Waals surface area contributed by atoms with Crippen LogP contribution in [0.4, 0.5) is 0 Å². The highest BCUT2D eigenvalue weighted by Gasteiger charge is 2.22. The number of hydrogen-bond donors (Lipinski definition) is 0. The molecule has 0 aliphatic rings. The second kappa shape index (κ2) is 13.8. The second-order valence-electron chi connectivity index (χ2n) is 13.3. The van der Waals surface area contributed by atoms with E-state index in [1.165, 1.54) is 26.9 Å². The fourth-order valence-corrected chi connectivity index (χ4v) is 10.2. The van der Waals surface area contributed by atoms with Crippen LogP contribution in [0.2, 0.25) is 0 Å². The quantitative estimate of drug-likeness (QED) is 0.114. The zero-order chi connectivity index (χ0) is 35.3. The van der Waals surface area contributed by atoms with E-state index in [1.54, 1.807) is 6.08 Å². The molecule has 4 nitrogen and oxygen atoms in total. The Labute approximate surface area is 314 Å². The molecule has 5 heteroatoms. The minimum Gasteiger partial charge on any atom is -0.455 e. The molecule has 260 valence electrons. The molecule has 3 aromatic heterocycles. The Morgan fingerprint density at radius 3 is 1.54 bits per heavy atom. The number of allylic oxidation sites excluding steroid dienone is 5. The van der Waals surface area contributed by atoms with Gasteiger partial charge in [-0.1, -0.05) is 134 Å². The van der Waals surface area contributed by atoms with Gasteiger partial charge in [0.25, 0.3) is 0 Å². The van der Waals surface area contributed by atoms with Crippen molar-refractivity contribution < 1.29 is 9.89 Å². The van der Waals surface area contributed by atoms with E-state index in [2.05, 4.69) is 186 Å². The maximum absolute atomic E-state index is 7.11. The minimum absolute atomic E-state index is 0. The molecular formula is C49H37N2O2P. The van der Waals surface area contributed by atoms with E-state index in [1.807, 2.05) is 12.2 Å². The van der Waals surface area contributed by atoms with E-state index in [-0.39, 0.29) is 5.48 Å². The van der Waals surface area contributed by atoms with Gasteiger partial charge in [-0.25, -0.2) is 0 Å².